The van der Waals surface area contributed by atoms with Crippen molar-refractivity contribution in [2.45, 2.75) is 0 Å². The van der Waals surface area contributed by atoms with Crippen molar-refractivity contribution in [2.75, 3.05) is 0 Å². The summed E-state index contributed by atoms with van der Waals surface area (Å²) >= 11 is -1.75. The normalized spacial score (nSPS) is 4.56. The predicted molar refractivity (Wildman–Crippen MR) is 21.3 cm³/mol. The standard InChI is InChI=1S/CH2O4.Al.Mg.2O/c2-1(3)5-4;;;;/h4H,(H,2,3);;;;/q;;+2;;-1/p-1. The van der Waals surface area contributed by atoms with Crippen LogP contribution in [0.1, 0.15) is 0 Å². The van der Waals surface area contributed by atoms with Crippen molar-refractivity contribution in [3.63, 3.8) is 0 Å². The van der Waals surface area contributed by atoms with Gasteiger partial charge in [-0.05, 0) is 0 Å². The molecule has 0 aromatic carbocycles. The topological polar surface area (TPSA) is 110 Å². The molecule has 6 nitrogen and oxygen atoms in total. The van der Waals surface area contributed by atoms with Gasteiger partial charge >= 0.3 is 46.5 Å². The first-order chi connectivity index (χ1) is 3.68. The third-order valence-electron chi connectivity index (χ3n) is 0.0745. The predicted octanol–water partition coefficient (Wildman–Crippen LogP) is -3.25. The van der Waals surface area contributed by atoms with E-state index in [9.17, 15) is 0 Å². The molecule has 0 aromatic heterocycles. The van der Waals surface area contributed by atoms with Crippen LogP contribution in [0.3, 0.4) is 0 Å². The molecule has 0 rings (SSSR count). The van der Waals surface area contributed by atoms with Crippen LogP contribution in [0.2, 0.25) is 0 Å². The molecule has 1 N–H and O–H groups in total. The molecular formula is CHAlMgO6. The van der Waals surface area contributed by atoms with Crippen LogP contribution in [-0.4, -0.2) is 50.0 Å². The van der Waals surface area contributed by atoms with Gasteiger partial charge in [-0.25, -0.2) is 0 Å². The van der Waals surface area contributed by atoms with Crippen molar-refractivity contribution in [1.82, 2.24) is 0 Å². The van der Waals surface area contributed by atoms with Crippen LogP contribution in [0.15, 0.2) is 0 Å². The van der Waals surface area contributed by atoms with E-state index < -0.39 is 21.6 Å². The van der Waals surface area contributed by atoms with Gasteiger partial charge in [-0.1, -0.05) is 0 Å². The molecule has 0 saturated carbocycles. The molecule has 0 aromatic rings. The third kappa shape index (κ3) is 67.4. The fourth-order valence-electron chi connectivity index (χ4n) is 0. The summed E-state index contributed by atoms with van der Waals surface area (Å²) in [6.07, 6.45) is -1.94. The second-order valence-electron chi connectivity index (χ2n) is 0.438. The molecule has 46 valence electrons. The summed E-state index contributed by atoms with van der Waals surface area (Å²) in [4.78, 5) is 11.3. The monoisotopic (exact) mass is 160 g/mol. The Hall–Kier alpha value is 0.129. The zero-order valence-corrected chi connectivity index (χ0v) is 6.84. The maximum absolute atomic E-state index is 8.78. The van der Waals surface area contributed by atoms with Crippen molar-refractivity contribution < 1.29 is 28.0 Å². The van der Waals surface area contributed by atoms with Crippen LogP contribution < -0.4 is 9.26 Å². The van der Waals surface area contributed by atoms with Gasteiger partial charge in [0.05, 0.1) is 0 Å². The summed E-state index contributed by atoms with van der Waals surface area (Å²) in [6, 6.07) is 0. The van der Waals surface area contributed by atoms with Crippen LogP contribution in [0.4, 0.5) is 4.79 Å². The molecule has 0 radical (unpaired) electrons. The SMILES string of the molecule is O=C([O-])OO.[Mg+2].[O]=[Al][O-]. The number of carbonyl (C=O) groups excluding carboxylic acids is 1. The minimum atomic E-state index is -1.94. The van der Waals surface area contributed by atoms with E-state index in [0.29, 0.717) is 0 Å². The van der Waals surface area contributed by atoms with E-state index in [1.54, 1.807) is 0 Å². The minimum absolute atomic E-state index is 0. The molecule has 0 aliphatic heterocycles. The zero-order chi connectivity index (χ0) is 6.99. The molecule has 0 aliphatic carbocycles. The molecule has 8 heteroatoms. The summed E-state index contributed by atoms with van der Waals surface area (Å²) in [7, 11) is 0. The average molecular weight is 160 g/mol. The molecular weight excluding hydrogens is 159 g/mol. The van der Waals surface area contributed by atoms with Crippen molar-refractivity contribution in [1.29, 1.82) is 0 Å². The van der Waals surface area contributed by atoms with Gasteiger partial charge in [-0.15, -0.1) is 0 Å². The Labute approximate surface area is 72.8 Å². The van der Waals surface area contributed by atoms with E-state index in [0.717, 1.165) is 0 Å². The van der Waals surface area contributed by atoms with Crippen LogP contribution in [0.25, 0.3) is 0 Å². The fourth-order valence-corrected chi connectivity index (χ4v) is 0. The maximum atomic E-state index is 8.78. The summed E-state index contributed by atoms with van der Waals surface area (Å²) < 4.78 is 16.9. The van der Waals surface area contributed by atoms with E-state index in [4.69, 9.17) is 23.1 Å². The van der Waals surface area contributed by atoms with E-state index >= 15 is 0 Å². The van der Waals surface area contributed by atoms with Crippen molar-refractivity contribution in [3.8, 4) is 0 Å². The first kappa shape index (κ1) is 16.1. The van der Waals surface area contributed by atoms with Gasteiger partial charge in [-0.3, -0.25) is 5.26 Å². The summed E-state index contributed by atoms with van der Waals surface area (Å²) in [5.74, 6) is 0. The molecule has 9 heavy (non-hydrogen) atoms. The number of hydrogen-bond acceptors (Lipinski definition) is 6. The summed E-state index contributed by atoms with van der Waals surface area (Å²) in [5.41, 5.74) is 0. The summed E-state index contributed by atoms with van der Waals surface area (Å²) in [5, 5.41) is 15.8. The van der Waals surface area contributed by atoms with Crippen molar-refractivity contribution >= 4 is 44.7 Å². The van der Waals surface area contributed by atoms with Gasteiger partial charge in [0.15, 0.2) is 0 Å². The van der Waals surface area contributed by atoms with E-state index in [-0.39, 0.29) is 23.1 Å². The molecule has 0 atom stereocenters. The molecule has 0 heterocycles. The molecule has 0 bridgehead atoms. The van der Waals surface area contributed by atoms with Crippen LogP contribution in [0.5, 0.6) is 0 Å². The number of hydrogen-bond donors (Lipinski definition) is 1. The Morgan fingerprint density at radius 1 is 1.67 bits per heavy atom. The second-order valence-corrected chi connectivity index (χ2v) is 0.630. The van der Waals surface area contributed by atoms with Crippen LogP contribution >= 0.6 is 0 Å². The third-order valence-corrected chi connectivity index (χ3v) is 0.0745. The zero-order valence-electron chi connectivity index (χ0n) is 4.27. The molecule has 0 unspecified atom stereocenters. The molecule has 0 fully saturated rings. The first-order valence-corrected chi connectivity index (χ1v) is 2.21. The van der Waals surface area contributed by atoms with E-state index in [1.807, 2.05) is 0 Å². The average Bonchev–Trinajstić information content (AvgIpc) is 1.69. The van der Waals surface area contributed by atoms with Gasteiger partial charge in [-0.2, -0.15) is 0 Å². The Morgan fingerprint density at radius 3 is 1.78 bits per heavy atom. The Bertz CT molecular complexity index is 73.5. The fraction of sp³-hybridized carbons (Fsp3) is 0. The van der Waals surface area contributed by atoms with Gasteiger partial charge in [0.1, 0.15) is 0 Å². The van der Waals surface area contributed by atoms with Gasteiger partial charge < -0.3 is 14.8 Å². The van der Waals surface area contributed by atoms with Gasteiger partial charge in [0, 0.05) is 0 Å². The van der Waals surface area contributed by atoms with Crippen LogP contribution in [-0.2, 0) is 8.69 Å². The first-order valence-electron chi connectivity index (χ1n) is 1.27. The molecule has 0 spiro atoms. The van der Waals surface area contributed by atoms with Gasteiger partial charge in [0.25, 0.3) is 6.16 Å². The van der Waals surface area contributed by atoms with Crippen molar-refractivity contribution in [3.05, 3.63) is 0 Å². The quantitative estimate of drug-likeness (QED) is 0.226. The van der Waals surface area contributed by atoms with E-state index in [2.05, 4.69) is 4.89 Å². The summed E-state index contributed by atoms with van der Waals surface area (Å²) in [6.45, 7) is 0. The van der Waals surface area contributed by atoms with Crippen molar-refractivity contribution in [2.24, 2.45) is 0 Å². The molecule has 0 saturated heterocycles. The Balaban J connectivity index is -0.0000000800. The number of carboxylic acid groups (broad SMARTS) is 1. The second kappa shape index (κ2) is 15.7. The molecule has 0 aliphatic rings. The van der Waals surface area contributed by atoms with Crippen LogP contribution in [0, 0.1) is 0 Å². The molecule has 0 amide bonds. The number of carbonyl (C=O) groups is 1. The Kier molecular flexibility index (Phi) is 28.0. The number of rotatable bonds is 0. The van der Waals surface area contributed by atoms with E-state index in [1.165, 1.54) is 0 Å². The Morgan fingerprint density at radius 2 is 1.78 bits per heavy atom. The van der Waals surface area contributed by atoms with Gasteiger partial charge in [0.2, 0.25) is 0 Å².